The monoisotopic (exact) mass is 324 g/mol. The van der Waals surface area contributed by atoms with Crippen molar-refractivity contribution in [1.82, 2.24) is 0 Å². The van der Waals surface area contributed by atoms with Crippen molar-refractivity contribution in [2.24, 2.45) is 0 Å². The molecule has 0 heterocycles. The van der Waals surface area contributed by atoms with Gasteiger partial charge in [0.25, 0.3) is 0 Å². The summed E-state index contributed by atoms with van der Waals surface area (Å²) in [5.41, 5.74) is 1.46. The molecule has 0 aliphatic heterocycles. The van der Waals surface area contributed by atoms with E-state index in [1.165, 1.54) is 0 Å². The lowest BCUT2D eigenvalue weighted by Crippen LogP contribution is -2.36. The first-order valence-corrected chi connectivity index (χ1v) is 6.90. The number of carbonyl (C=O) groups excluding carboxylic acids is 1. The summed E-state index contributed by atoms with van der Waals surface area (Å²) in [7, 11) is 0. The van der Waals surface area contributed by atoms with Crippen LogP contribution in [0, 0.1) is 11.3 Å². The fourth-order valence-electron chi connectivity index (χ4n) is 1.69. The van der Waals surface area contributed by atoms with Crippen LogP contribution in [0.2, 0.25) is 0 Å². The standard InChI is InChI=1S/C14H17BrN2O2/c1-4-19-14(18)9-17(10(2)3)12-6-5-11(8-16)13(15)7-12/h5-7,10H,4,9H2,1-3H3. The minimum absolute atomic E-state index is 0.157. The van der Waals surface area contributed by atoms with Gasteiger partial charge < -0.3 is 9.64 Å². The number of anilines is 1. The van der Waals surface area contributed by atoms with E-state index in [4.69, 9.17) is 10.00 Å². The van der Waals surface area contributed by atoms with Crippen molar-refractivity contribution in [2.75, 3.05) is 18.1 Å². The zero-order valence-corrected chi connectivity index (χ0v) is 12.9. The van der Waals surface area contributed by atoms with Gasteiger partial charge in [0, 0.05) is 16.2 Å². The number of nitriles is 1. The molecule has 0 aliphatic carbocycles. The van der Waals surface area contributed by atoms with Gasteiger partial charge in [-0.1, -0.05) is 0 Å². The topological polar surface area (TPSA) is 53.3 Å². The summed E-state index contributed by atoms with van der Waals surface area (Å²) in [6, 6.07) is 7.67. The molecule has 0 N–H and O–H groups in total. The molecule has 0 bridgehead atoms. The van der Waals surface area contributed by atoms with Gasteiger partial charge >= 0.3 is 5.97 Å². The molecule has 0 aliphatic rings. The summed E-state index contributed by atoms with van der Waals surface area (Å²) in [5.74, 6) is -0.253. The highest BCUT2D eigenvalue weighted by molar-refractivity contribution is 9.10. The van der Waals surface area contributed by atoms with E-state index in [-0.39, 0.29) is 18.6 Å². The lowest BCUT2D eigenvalue weighted by molar-refractivity contribution is -0.141. The number of ether oxygens (including phenoxy) is 1. The molecule has 0 amide bonds. The third-order valence-corrected chi connectivity index (χ3v) is 3.29. The second-order valence-electron chi connectivity index (χ2n) is 4.30. The van der Waals surface area contributed by atoms with Gasteiger partial charge in [-0.05, 0) is 54.9 Å². The van der Waals surface area contributed by atoms with Crippen molar-refractivity contribution < 1.29 is 9.53 Å². The van der Waals surface area contributed by atoms with Crippen LogP contribution in [0.3, 0.4) is 0 Å². The van der Waals surface area contributed by atoms with Crippen molar-refractivity contribution in [3.8, 4) is 6.07 Å². The number of carbonyl (C=O) groups is 1. The molecule has 0 saturated heterocycles. The first-order chi connectivity index (χ1) is 8.99. The van der Waals surface area contributed by atoms with Crippen LogP contribution < -0.4 is 4.90 Å². The van der Waals surface area contributed by atoms with E-state index >= 15 is 0 Å². The predicted octanol–water partition coefficient (Wildman–Crippen LogP) is 3.10. The van der Waals surface area contributed by atoms with Crippen molar-refractivity contribution in [2.45, 2.75) is 26.8 Å². The molecule has 102 valence electrons. The Balaban J connectivity index is 2.97. The maximum absolute atomic E-state index is 11.6. The Labute approximate surface area is 122 Å². The largest absolute Gasteiger partial charge is 0.465 e. The van der Waals surface area contributed by atoms with Crippen LogP contribution in [0.5, 0.6) is 0 Å². The van der Waals surface area contributed by atoms with Gasteiger partial charge in [0.05, 0.1) is 12.2 Å². The van der Waals surface area contributed by atoms with Gasteiger partial charge in [-0.3, -0.25) is 4.79 Å². The van der Waals surface area contributed by atoms with E-state index in [0.717, 1.165) is 10.2 Å². The van der Waals surface area contributed by atoms with E-state index in [2.05, 4.69) is 22.0 Å². The maximum Gasteiger partial charge on any atom is 0.325 e. The summed E-state index contributed by atoms with van der Waals surface area (Å²) in [5, 5.41) is 8.90. The highest BCUT2D eigenvalue weighted by Gasteiger charge is 2.16. The van der Waals surface area contributed by atoms with Crippen LogP contribution in [0.4, 0.5) is 5.69 Å². The second-order valence-corrected chi connectivity index (χ2v) is 5.16. The highest BCUT2D eigenvalue weighted by atomic mass is 79.9. The second kappa shape index (κ2) is 7.15. The van der Waals surface area contributed by atoms with Gasteiger partial charge in [-0.25, -0.2) is 0 Å². The lowest BCUT2D eigenvalue weighted by atomic mass is 10.2. The van der Waals surface area contributed by atoms with Gasteiger partial charge in [0.1, 0.15) is 12.6 Å². The van der Waals surface area contributed by atoms with Crippen LogP contribution in [0.25, 0.3) is 0 Å². The zero-order valence-electron chi connectivity index (χ0n) is 11.3. The number of benzene rings is 1. The summed E-state index contributed by atoms with van der Waals surface area (Å²) >= 11 is 3.36. The molecule has 19 heavy (non-hydrogen) atoms. The number of esters is 1. The van der Waals surface area contributed by atoms with E-state index in [1.807, 2.05) is 30.9 Å². The quantitative estimate of drug-likeness (QED) is 0.781. The lowest BCUT2D eigenvalue weighted by Gasteiger charge is -2.28. The summed E-state index contributed by atoms with van der Waals surface area (Å²) in [4.78, 5) is 13.5. The smallest absolute Gasteiger partial charge is 0.325 e. The van der Waals surface area contributed by atoms with E-state index < -0.39 is 0 Å². The molecule has 0 atom stereocenters. The molecule has 1 aromatic rings. The van der Waals surface area contributed by atoms with E-state index in [9.17, 15) is 4.79 Å². The SMILES string of the molecule is CCOC(=O)CN(c1ccc(C#N)c(Br)c1)C(C)C. The molecular formula is C14H17BrN2O2. The molecule has 0 saturated carbocycles. The number of hydrogen-bond donors (Lipinski definition) is 0. The van der Waals surface area contributed by atoms with Crippen LogP contribution in [-0.4, -0.2) is 25.2 Å². The molecule has 1 rings (SSSR count). The highest BCUT2D eigenvalue weighted by Crippen LogP contribution is 2.25. The molecule has 1 aromatic carbocycles. The molecule has 0 radical (unpaired) electrons. The minimum atomic E-state index is -0.253. The fraction of sp³-hybridized carbons (Fsp3) is 0.429. The fourth-order valence-corrected chi connectivity index (χ4v) is 2.15. The Bertz CT molecular complexity index is 495. The Morgan fingerprint density at radius 1 is 1.53 bits per heavy atom. The minimum Gasteiger partial charge on any atom is -0.465 e. The summed E-state index contributed by atoms with van der Waals surface area (Å²) < 4.78 is 5.70. The zero-order chi connectivity index (χ0) is 14.4. The van der Waals surface area contributed by atoms with Crippen LogP contribution in [0.15, 0.2) is 22.7 Å². The van der Waals surface area contributed by atoms with Crippen LogP contribution >= 0.6 is 15.9 Å². The first-order valence-electron chi connectivity index (χ1n) is 6.11. The van der Waals surface area contributed by atoms with Crippen molar-refractivity contribution in [3.05, 3.63) is 28.2 Å². The van der Waals surface area contributed by atoms with Gasteiger partial charge in [0.2, 0.25) is 0 Å². The Kier molecular flexibility index (Phi) is 5.84. The predicted molar refractivity (Wildman–Crippen MR) is 78.0 cm³/mol. The van der Waals surface area contributed by atoms with Crippen LogP contribution in [-0.2, 0) is 9.53 Å². The number of rotatable bonds is 5. The van der Waals surface area contributed by atoms with Crippen LogP contribution in [0.1, 0.15) is 26.3 Å². The van der Waals surface area contributed by atoms with E-state index in [1.54, 1.807) is 13.0 Å². The van der Waals surface area contributed by atoms with Gasteiger partial charge in [-0.15, -0.1) is 0 Å². The summed E-state index contributed by atoms with van der Waals surface area (Å²) in [6.07, 6.45) is 0. The van der Waals surface area contributed by atoms with Gasteiger partial charge in [-0.2, -0.15) is 5.26 Å². The average molecular weight is 325 g/mol. The first kappa shape index (κ1) is 15.5. The molecular weight excluding hydrogens is 308 g/mol. The normalized spacial score (nSPS) is 10.1. The summed E-state index contributed by atoms with van der Waals surface area (Å²) in [6.45, 7) is 6.37. The molecule has 4 nitrogen and oxygen atoms in total. The number of hydrogen-bond acceptors (Lipinski definition) is 4. The van der Waals surface area contributed by atoms with Crippen molar-refractivity contribution in [3.63, 3.8) is 0 Å². The molecule has 0 spiro atoms. The maximum atomic E-state index is 11.6. The molecule has 0 fully saturated rings. The third-order valence-electron chi connectivity index (χ3n) is 2.63. The Hall–Kier alpha value is -1.54. The molecule has 0 aromatic heterocycles. The average Bonchev–Trinajstić information content (AvgIpc) is 2.36. The Morgan fingerprint density at radius 3 is 2.68 bits per heavy atom. The van der Waals surface area contributed by atoms with Crippen molar-refractivity contribution in [1.29, 1.82) is 5.26 Å². The molecule has 5 heteroatoms. The van der Waals surface area contributed by atoms with Gasteiger partial charge in [0.15, 0.2) is 0 Å². The number of nitrogens with zero attached hydrogens (tertiary/aromatic N) is 2. The molecule has 0 unspecified atom stereocenters. The number of halogens is 1. The Morgan fingerprint density at radius 2 is 2.21 bits per heavy atom. The third kappa shape index (κ3) is 4.25. The van der Waals surface area contributed by atoms with E-state index in [0.29, 0.717) is 12.2 Å². The van der Waals surface area contributed by atoms with Crippen molar-refractivity contribution >= 4 is 27.6 Å².